The van der Waals surface area contributed by atoms with Gasteiger partial charge in [-0.05, 0) is 54.6 Å². The first-order valence-electron chi connectivity index (χ1n) is 7.90. The molecular weight excluding hydrogens is 274 g/mol. The van der Waals surface area contributed by atoms with E-state index < -0.39 is 0 Å². The molecule has 1 aliphatic heterocycles. The Morgan fingerprint density at radius 1 is 1.23 bits per heavy atom. The van der Waals surface area contributed by atoms with Gasteiger partial charge in [0.15, 0.2) is 0 Å². The van der Waals surface area contributed by atoms with Crippen molar-refractivity contribution in [3.63, 3.8) is 0 Å². The van der Waals surface area contributed by atoms with Gasteiger partial charge in [0, 0.05) is 24.2 Å². The van der Waals surface area contributed by atoms with Gasteiger partial charge in [-0.25, -0.2) is 4.98 Å². The van der Waals surface area contributed by atoms with Crippen LogP contribution in [0.3, 0.4) is 0 Å². The summed E-state index contributed by atoms with van der Waals surface area (Å²) >= 11 is 0. The summed E-state index contributed by atoms with van der Waals surface area (Å²) in [5.41, 5.74) is 5.16. The van der Waals surface area contributed by atoms with Crippen molar-refractivity contribution in [3.8, 4) is 11.1 Å². The summed E-state index contributed by atoms with van der Waals surface area (Å²) < 4.78 is 0. The number of rotatable bonds is 3. The lowest BCUT2D eigenvalue weighted by Crippen LogP contribution is -2.24. The van der Waals surface area contributed by atoms with Crippen molar-refractivity contribution in [1.82, 2.24) is 10.3 Å². The van der Waals surface area contributed by atoms with Crippen LogP contribution in [0.4, 0.5) is 5.82 Å². The van der Waals surface area contributed by atoms with Crippen LogP contribution in [0.25, 0.3) is 11.1 Å². The second-order valence-corrected chi connectivity index (χ2v) is 6.07. The van der Waals surface area contributed by atoms with Crippen molar-refractivity contribution < 1.29 is 4.79 Å². The molecule has 1 aliphatic carbocycles. The molecule has 0 spiro atoms. The molecule has 1 aromatic carbocycles. The molecule has 2 N–H and O–H groups in total. The zero-order chi connectivity index (χ0) is 14.9. The molecule has 1 saturated carbocycles. The van der Waals surface area contributed by atoms with E-state index in [1.165, 1.54) is 16.7 Å². The van der Waals surface area contributed by atoms with E-state index in [1.807, 2.05) is 18.3 Å². The van der Waals surface area contributed by atoms with Crippen molar-refractivity contribution in [3.05, 3.63) is 47.7 Å². The van der Waals surface area contributed by atoms with Crippen LogP contribution >= 0.6 is 0 Å². The van der Waals surface area contributed by atoms with Gasteiger partial charge < -0.3 is 10.6 Å². The fraction of sp³-hybridized carbons (Fsp3) is 0.333. The van der Waals surface area contributed by atoms with Crippen LogP contribution in [-0.4, -0.2) is 17.4 Å². The topological polar surface area (TPSA) is 54.0 Å². The van der Waals surface area contributed by atoms with Crippen molar-refractivity contribution in [2.45, 2.75) is 25.8 Å². The van der Waals surface area contributed by atoms with Crippen LogP contribution in [0.2, 0.25) is 0 Å². The normalized spacial score (nSPS) is 16.9. The minimum Gasteiger partial charge on any atom is -0.312 e. The predicted molar refractivity (Wildman–Crippen MR) is 86.4 cm³/mol. The Bertz CT molecular complexity index is 705. The number of nitrogens with zero attached hydrogens (tertiary/aromatic N) is 1. The average Bonchev–Trinajstić information content (AvgIpc) is 3.40. The van der Waals surface area contributed by atoms with Crippen LogP contribution in [0.5, 0.6) is 0 Å². The molecule has 0 radical (unpaired) electrons. The van der Waals surface area contributed by atoms with Crippen molar-refractivity contribution in [2.75, 3.05) is 11.9 Å². The van der Waals surface area contributed by atoms with E-state index >= 15 is 0 Å². The Morgan fingerprint density at radius 3 is 2.91 bits per heavy atom. The van der Waals surface area contributed by atoms with Gasteiger partial charge in [-0.3, -0.25) is 4.79 Å². The molecule has 0 atom stereocenters. The maximum absolute atomic E-state index is 11.8. The average molecular weight is 293 g/mol. The van der Waals surface area contributed by atoms with E-state index in [-0.39, 0.29) is 11.8 Å². The Balaban J connectivity index is 1.59. The molecule has 2 aliphatic rings. The van der Waals surface area contributed by atoms with Gasteiger partial charge in [-0.1, -0.05) is 18.2 Å². The van der Waals surface area contributed by atoms with E-state index in [0.29, 0.717) is 5.82 Å². The number of aromatic nitrogens is 1. The van der Waals surface area contributed by atoms with Gasteiger partial charge in [0.1, 0.15) is 5.82 Å². The number of benzene rings is 1. The predicted octanol–water partition coefficient (Wildman–Crippen LogP) is 2.74. The fourth-order valence-corrected chi connectivity index (χ4v) is 3.00. The zero-order valence-electron chi connectivity index (χ0n) is 12.4. The number of nitrogens with one attached hydrogen (secondary N) is 2. The highest BCUT2D eigenvalue weighted by Gasteiger charge is 2.29. The second-order valence-electron chi connectivity index (χ2n) is 6.07. The first-order chi connectivity index (χ1) is 10.8. The lowest BCUT2D eigenvalue weighted by atomic mass is 9.92. The maximum atomic E-state index is 11.8. The van der Waals surface area contributed by atoms with Gasteiger partial charge in [0.25, 0.3) is 0 Å². The SMILES string of the molecule is O=C(Nc1ccc(-c2cccc3c2CCNC3)cn1)C1CC1. The van der Waals surface area contributed by atoms with Gasteiger partial charge in [0.2, 0.25) is 5.91 Å². The van der Waals surface area contributed by atoms with E-state index in [0.717, 1.165) is 37.9 Å². The number of hydrogen-bond acceptors (Lipinski definition) is 3. The molecule has 1 fully saturated rings. The summed E-state index contributed by atoms with van der Waals surface area (Å²) in [6, 6.07) is 10.4. The van der Waals surface area contributed by atoms with Crippen LogP contribution in [0, 0.1) is 5.92 Å². The van der Waals surface area contributed by atoms with Crippen LogP contribution in [-0.2, 0) is 17.8 Å². The highest BCUT2D eigenvalue weighted by Crippen LogP contribution is 2.31. The Labute approximate surface area is 130 Å². The van der Waals surface area contributed by atoms with Gasteiger partial charge in [-0.2, -0.15) is 0 Å². The molecule has 0 unspecified atom stereocenters. The van der Waals surface area contributed by atoms with Crippen LogP contribution in [0.1, 0.15) is 24.0 Å². The summed E-state index contributed by atoms with van der Waals surface area (Å²) in [7, 11) is 0. The largest absolute Gasteiger partial charge is 0.312 e. The second kappa shape index (κ2) is 5.54. The standard InChI is InChI=1S/C18H19N3O/c22-18(12-4-5-12)21-17-7-6-14(11-20-17)15-3-1-2-13-10-19-9-8-16(13)15/h1-3,6-7,11-12,19H,4-5,8-10H2,(H,20,21,22). The van der Waals surface area contributed by atoms with E-state index in [2.05, 4.69) is 33.8 Å². The van der Waals surface area contributed by atoms with E-state index in [9.17, 15) is 4.79 Å². The Morgan fingerprint density at radius 2 is 2.14 bits per heavy atom. The van der Waals surface area contributed by atoms with E-state index in [1.54, 1.807) is 0 Å². The molecule has 1 aromatic heterocycles. The number of carbonyl (C=O) groups excluding carboxylic acids is 1. The lowest BCUT2D eigenvalue weighted by Gasteiger charge is -2.20. The Hall–Kier alpha value is -2.20. The molecule has 22 heavy (non-hydrogen) atoms. The molecular formula is C18H19N3O. The minimum absolute atomic E-state index is 0.100. The summed E-state index contributed by atoms with van der Waals surface area (Å²) in [5, 5.41) is 6.29. The van der Waals surface area contributed by atoms with Crippen LogP contribution < -0.4 is 10.6 Å². The Kier molecular flexibility index (Phi) is 3.39. The van der Waals surface area contributed by atoms with Gasteiger partial charge in [-0.15, -0.1) is 0 Å². The number of anilines is 1. The first-order valence-corrected chi connectivity index (χ1v) is 7.90. The maximum Gasteiger partial charge on any atom is 0.228 e. The molecule has 0 saturated heterocycles. The highest BCUT2D eigenvalue weighted by atomic mass is 16.2. The number of carbonyl (C=O) groups is 1. The molecule has 4 nitrogen and oxygen atoms in total. The summed E-state index contributed by atoms with van der Waals surface area (Å²) in [6.07, 6.45) is 4.92. The van der Waals surface area contributed by atoms with Crippen molar-refractivity contribution in [1.29, 1.82) is 0 Å². The van der Waals surface area contributed by atoms with Crippen molar-refractivity contribution >= 4 is 11.7 Å². The van der Waals surface area contributed by atoms with E-state index in [4.69, 9.17) is 0 Å². The molecule has 2 heterocycles. The number of amides is 1. The summed E-state index contributed by atoms with van der Waals surface area (Å²) in [4.78, 5) is 16.2. The lowest BCUT2D eigenvalue weighted by molar-refractivity contribution is -0.117. The summed E-state index contributed by atoms with van der Waals surface area (Å²) in [5.74, 6) is 0.950. The molecule has 2 aromatic rings. The molecule has 4 heteroatoms. The number of fused-ring (bicyclic) bond motifs is 1. The smallest absolute Gasteiger partial charge is 0.228 e. The third-order valence-electron chi connectivity index (χ3n) is 4.41. The zero-order valence-corrected chi connectivity index (χ0v) is 12.4. The van der Waals surface area contributed by atoms with Gasteiger partial charge in [0.05, 0.1) is 0 Å². The number of pyridine rings is 1. The highest BCUT2D eigenvalue weighted by molar-refractivity contribution is 5.93. The van der Waals surface area contributed by atoms with Crippen LogP contribution in [0.15, 0.2) is 36.5 Å². The number of hydrogen-bond donors (Lipinski definition) is 2. The minimum atomic E-state index is 0.100. The van der Waals surface area contributed by atoms with Gasteiger partial charge >= 0.3 is 0 Å². The molecule has 4 rings (SSSR count). The quantitative estimate of drug-likeness (QED) is 0.915. The van der Waals surface area contributed by atoms with Crippen molar-refractivity contribution in [2.24, 2.45) is 5.92 Å². The molecule has 112 valence electrons. The molecule has 0 bridgehead atoms. The third-order valence-corrected chi connectivity index (χ3v) is 4.41. The third kappa shape index (κ3) is 2.62. The fourth-order valence-electron chi connectivity index (χ4n) is 3.00. The summed E-state index contributed by atoms with van der Waals surface area (Å²) in [6.45, 7) is 1.96. The molecule has 1 amide bonds. The monoisotopic (exact) mass is 293 g/mol. The first kappa shape index (κ1) is 13.5.